The largest absolute Gasteiger partial charge is 0.481 e. The van der Waals surface area contributed by atoms with Crippen LogP contribution in [0.5, 0.6) is 0 Å². The van der Waals surface area contributed by atoms with E-state index in [-0.39, 0.29) is 12.3 Å². The fourth-order valence-electron chi connectivity index (χ4n) is 2.59. The number of aliphatic carboxylic acids is 1. The average Bonchev–Trinajstić information content (AvgIpc) is 2.84. The Labute approximate surface area is 117 Å². The van der Waals surface area contributed by atoms with Gasteiger partial charge in [0.2, 0.25) is 5.76 Å². The van der Waals surface area contributed by atoms with E-state index in [1.54, 1.807) is 6.92 Å². The molecule has 6 nitrogen and oxygen atoms in total. The summed E-state index contributed by atoms with van der Waals surface area (Å²) in [6.07, 6.45) is 2.95. The number of carboxylic acid groups (broad SMARTS) is 1. The first-order valence-corrected chi connectivity index (χ1v) is 6.88. The summed E-state index contributed by atoms with van der Waals surface area (Å²) in [6.45, 7) is 3.98. The molecule has 0 radical (unpaired) electrons. The number of nitrogens with zero attached hydrogens (tertiary/aromatic N) is 1. The van der Waals surface area contributed by atoms with Crippen LogP contribution >= 0.6 is 0 Å². The third-order valence-electron chi connectivity index (χ3n) is 4.12. The first-order valence-electron chi connectivity index (χ1n) is 6.88. The first-order chi connectivity index (χ1) is 9.43. The second-order valence-electron chi connectivity index (χ2n) is 5.78. The number of carbonyl (C=O) groups is 2. The van der Waals surface area contributed by atoms with Crippen molar-refractivity contribution in [2.24, 2.45) is 11.3 Å². The summed E-state index contributed by atoms with van der Waals surface area (Å²) in [5.41, 5.74) is -0.230. The quantitative estimate of drug-likeness (QED) is 0.880. The molecule has 20 heavy (non-hydrogen) atoms. The summed E-state index contributed by atoms with van der Waals surface area (Å²) in [6, 6.07) is 1.53. The van der Waals surface area contributed by atoms with Gasteiger partial charge in [0.25, 0.3) is 5.91 Å². The molecule has 2 N–H and O–H groups in total. The van der Waals surface area contributed by atoms with Crippen molar-refractivity contribution >= 4 is 11.9 Å². The van der Waals surface area contributed by atoms with Crippen LogP contribution in [0.1, 0.15) is 48.9 Å². The number of amides is 1. The van der Waals surface area contributed by atoms with Crippen LogP contribution in [0.3, 0.4) is 0 Å². The van der Waals surface area contributed by atoms with Crippen molar-refractivity contribution in [1.82, 2.24) is 10.5 Å². The second-order valence-corrected chi connectivity index (χ2v) is 5.78. The fraction of sp³-hybridized carbons (Fsp3) is 0.643. The maximum absolute atomic E-state index is 11.9. The van der Waals surface area contributed by atoms with Gasteiger partial charge in [0.15, 0.2) is 0 Å². The highest BCUT2D eigenvalue weighted by molar-refractivity contribution is 5.91. The zero-order valence-corrected chi connectivity index (χ0v) is 11.8. The molecule has 1 amide bonds. The molecular formula is C14H20N2O4. The minimum absolute atomic E-state index is 0.118. The molecule has 0 unspecified atom stereocenters. The third kappa shape index (κ3) is 3.00. The molecule has 1 heterocycles. The highest BCUT2D eigenvalue weighted by Gasteiger charge is 2.41. The average molecular weight is 280 g/mol. The lowest BCUT2D eigenvalue weighted by molar-refractivity contribution is -0.151. The number of aryl methyl sites for hydroxylation is 1. The lowest BCUT2D eigenvalue weighted by Gasteiger charge is -2.35. The zero-order chi connectivity index (χ0) is 14.8. The maximum Gasteiger partial charge on any atom is 0.311 e. The fourth-order valence-corrected chi connectivity index (χ4v) is 2.59. The predicted molar refractivity (Wildman–Crippen MR) is 71.3 cm³/mol. The van der Waals surface area contributed by atoms with E-state index in [1.807, 2.05) is 0 Å². The molecular weight excluding hydrogens is 260 g/mol. The lowest BCUT2D eigenvalue weighted by Crippen LogP contribution is -2.45. The minimum atomic E-state index is -0.850. The monoisotopic (exact) mass is 280 g/mol. The summed E-state index contributed by atoms with van der Waals surface area (Å²) in [4.78, 5) is 23.4. The summed E-state index contributed by atoms with van der Waals surface area (Å²) in [5.74, 6) is -0.578. The topological polar surface area (TPSA) is 92.4 Å². The van der Waals surface area contributed by atoms with E-state index >= 15 is 0 Å². The van der Waals surface area contributed by atoms with E-state index in [0.29, 0.717) is 24.5 Å². The Hall–Kier alpha value is -1.85. The normalized spacial score (nSPS) is 26.2. The third-order valence-corrected chi connectivity index (χ3v) is 4.12. The van der Waals surface area contributed by atoms with Gasteiger partial charge in [0.1, 0.15) is 0 Å². The molecule has 1 saturated carbocycles. The number of hydrogen-bond acceptors (Lipinski definition) is 4. The van der Waals surface area contributed by atoms with E-state index in [9.17, 15) is 14.7 Å². The molecule has 0 aromatic carbocycles. The highest BCUT2D eigenvalue weighted by Crippen LogP contribution is 2.38. The van der Waals surface area contributed by atoms with Crippen molar-refractivity contribution in [3.63, 3.8) is 0 Å². The van der Waals surface area contributed by atoms with Gasteiger partial charge >= 0.3 is 5.97 Å². The van der Waals surface area contributed by atoms with Gasteiger partial charge in [0, 0.05) is 12.6 Å². The van der Waals surface area contributed by atoms with Gasteiger partial charge < -0.3 is 14.9 Å². The van der Waals surface area contributed by atoms with Gasteiger partial charge in [-0.3, -0.25) is 9.59 Å². The van der Waals surface area contributed by atoms with Crippen molar-refractivity contribution in [2.75, 3.05) is 6.54 Å². The van der Waals surface area contributed by atoms with Gasteiger partial charge in [-0.05, 0) is 38.5 Å². The van der Waals surface area contributed by atoms with Crippen LogP contribution in [0, 0.1) is 18.3 Å². The van der Waals surface area contributed by atoms with Crippen molar-refractivity contribution in [1.29, 1.82) is 0 Å². The molecule has 110 valence electrons. The van der Waals surface area contributed by atoms with Gasteiger partial charge in [-0.1, -0.05) is 12.1 Å². The zero-order valence-electron chi connectivity index (χ0n) is 11.8. The number of carbonyl (C=O) groups excluding carboxylic acids is 1. The predicted octanol–water partition coefficient (Wildman–Crippen LogP) is 1.99. The molecule has 0 atom stereocenters. The highest BCUT2D eigenvalue weighted by atomic mass is 16.5. The van der Waals surface area contributed by atoms with Crippen LogP contribution in [0.4, 0.5) is 0 Å². The van der Waals surface area contributed by atoms with Gasteiger partial charge in [-0.15, -0.1) is 0 Å². The molecule has 0 bridgehead atoms. The molecule has 1 aliphatic rings. The standard InChI is InChI=1S/C14H20N2O4/c1-9-3-5-14(6-4-9,13(18)19)8-15-12(17)11-7-10(2)16-20-11/h7,9H,3-6,8H2,1-2H3,(H,15,17)(H,18,19). The number of rotatable bonds is 4. The Bertz CT molecular complexity index is 501. The summed E-state index contributed by atoms with van der Waals surface area (Å²) in [7, 11) is 0. The number of hydrogen-bond donors (Lipinski definition) is 2. The van der Waals surface area contributed by atoms with E-state index in [4.69, 9.17) is 4.52 Å². The smallest absolute Gasteiger partial charge is 0.311 e. The van der Waals surface area contributed by atoms with E-state index in [1.165, 1.54) is 6.07 Å². The van der Waals surface area contributed by atoms with Crippen LogP contribution in [0.2, 0.25) is 0 Å². The number of nitrogens with one attached hydrogen (secondary N) is 1. The molecule has 0 aliphatic heterocycles. The van der Waals surface area contributed by atoms with E-state index in [2.05, 4.69) is 17.4 Å². The van der Waals surface area contributed by atoms with Crippen molar-refractivity contribution < 1.29 is 19.2 Å². The lowest BCUT2D eigenvalue weighted by atomic mass is 9.71. The SMILES string of the molecule is Cc1cc(C(=O)NCC2(C(=O)O)CCC(C)CC2)on1. The molecule has 2 rings (SSSR count). The molecule has 6 heteroatoms. The van der Waals surface area contributed by atoms with E-state index < -0.39 is 17.3 Å². The number of aromatic nitrogens is 1. The summed E-state index contributed by atoms with van der Waals surface area (Å²) in [5, 5.41) is 15.8. The number of carboxylic acids is 1. The Balaban J connectivity index is 1.99. The Kier molecular flexibility index (Phi) is 4.11. The van der Waals surface area contributed by atoms with Crippen LogP contribution in [0.25, 0.3) is 0 Å². The Morgan fingerprint density at radius 3 is 2.65 bits per heavy atom. The molecule has 1 fully saturated rings. The molecule has 0 saturated heterocycles. The Morgan fingerprint density at radius 1 is 1.50 bits per heavy atom. The molecule has 1 aromatic heterocycles. The van der Waals surface area contributed by atoms with Crippen LogP contribution < -0.4 is 5.32 Å². The van der Waals surface area contributed by atoms with Gasteiger partial charge in [-0.25, -0.2) is 0 Å². The first kappa shape index (κ1) is 14.6. The van der Waals surface area contributed by atoms with E-state index in [0.717, 1.165) is 12.8 Å². The van der Waals surface area contributed by atoms with Gasteiger partial charge in [0.05, 0.1) is 11.1 Å². The van der Waals surface area contributed by atoms with Crippen molar-refractivity contribution in [3.8, 4) is 0 Å². The van der Waals surface area contributed by atoms with Crippen molar-refractivity contribution in [2.45, 2.75) is 39.5 Å². The maximum atomic E-state index is 11.9. The minimum Gasteiger partial charge on any atom is -0.481 e. The molecule has 1 aliphatic carbocycles. The Morgan fingerprint density at radius 2 is 2.15 bits per heavy atom. The van der Waals surface area contributed by atoms with Gasteiger partial charge in [-0.2, -0.15) is 0 Å². The van der Waals surface area contributed by atoms with Crippen molar-refractivity contribution in [3.05, 3.63) is 17.5 Å². The van der Waals surface area contributed by atoms with Crippen LogP contribution in [-0.4, -0.2) is 28.7 Å². The molecule has 1 aromatic rings. The second kappa shape index (κ2) is 5.64. The van der Waals surface area contributed by atoms with Crippen LogP contribution in [0.15, 0.2) is 10.6 Å². The van der Waals surface area contributed by atoms with Crippen LogP contribution in [-0.2, 0) is 4.79 Å². The summed E-state index contributed by atoms with van der Waals surface area (Å²) >= 11 is 0. The molecule has 0 spiro atoms. The summed E-state index contributed by atoms with van der Waals surface area (Å²) < 4.78 is 4.87.